The van der Waals surface area contributed by atoms with E-state index in [0.717, 1.165) is 0 Å². The largest absolute Gasteiger partial charge is 0.396 e. The lowest BCUT2D eigenvalue weighted by atomic mass is 9.92. The zero-order chi connectivity index (χ0) is 9.07. The second-order valence-electron chi connectivity index (χ2n) is 2.90. The standard InChI is InChI=1S/C7H13F3O/c1-5(2)6(3-4-11)7(8,9)10/h5-6,11H,3-4H2,1-2H3. The van der Waals surface area contributed by atoms with Crippen molar-refractivity contribution in [3.8, 4) is 0 Å². The molecule has 1 N–H and O–H groups in total. The van der Waals surface area contributed by atoms with Crippen LogP contribution in [0.4, 0.5) is 13.2 Å². The van der Waals surface area contributed by atoms with E-state index in [1.54, 1.807) is 0 Å². The number of aliphatic hydroxyl groups is 1. The van der Waals surface area contributed by atoms with Crippen LogP contribution in [0.5, 0.6) is 0 Å². The highest BCUT2D eigenvalue weighted by Crippen LogP contribution is 2.33. The number of halogens is 3. The van der Waals surface area contributed by atoms with Crippen molar-refractivity contribution in [2.24, 2.45) is 11.8 Å². The van der Waals surface area contributed by atoms with Crippen molar-refractivity contribution in [3.63, 3.8) is 0 Å². The molecule has 4 heteroatoms. The summed E-state index contributed by atoms with van der Waals surface area (Å²) in [5.74, 6) is -1.82. The van der Waals surface area contributed by atoms with E-state index in [0.29, 0.717) is 0 Å². The average Bonchev–Trinajstić information content (AvgIpc) is 1.79. The van der Waals surface area contributed by atoms with Crippen molar-refractivity contribution < 1.29 is 18.3 Å². The van der Waals surface area contributed by atoms with Gasteiger partial charge < -0.3 is 5.11 Å². The summed E-state index contributed by atoms with van der Waals surface area (Å²) in [6.45, 7) is 2.62. The normalized spacial score (nSPS) is 15.5. The fourth-order valence-electron chi connectivity index (χ4n) is 1.01. The van der Waals surface area contributed by atoms with Crippen LogP contribution in [0.25, 0.3) is 0 Å². The number of hydrogen-bond acceptors (Lipinski definition) is 1. The van der Waals surface area contributed by atoms with Gasteiger partial charge in [-0.1, -0.05) is 13.8 Å². The molecule has 68 valence electrons. The van der Waals surface area contributed by atoms with Gasteiger partial charge in [0, 0.05) is 6.61 Å². The van der Waals surface area contributed by atoms with Gasteiger partial charge in [-0.3, -0.25) is 0 Å². The SMILES string of the molecule is CC(C)C(CCO)C(F)(F)F. The molecule has 0 amide bonds. The van der Waals surface area contributed by atoms with Crippen LogP contribution in [0, 0.1) is 11.8 Å². The quantitative estimate of drug-likeness (QED) is 0.688. The Morgan fingerprint density at radius 2 is 1.73 bits per heavy atom. The van der Waals surface area contributed by atoms with Crippen LogP contribution >= 0.6 is 0 Å². The van der Waals surface area contributed by atoms with Gasteiger partial charge in [-0.15, -0.1) is 0 Å². The summed E-state index contributed by atoms with van der Waals surface area (Å²) in [7, 11) is 0. The van der Waals surface area contributed by atoms with Crippen LogP contribution in [-0.2, 0) is 0 Å². The maximum absolute atomic E-state index is 12.0. The molecule has 0 fully saturated rings. The van der Waals surface area contributed by atoms with Crippen molar-refractivity contribution in [2.45, 2.75) is 26.4 Å². The highest BCUT2D eigenvalue weighted by Gasteiger charge is 2.40. The average molecular weight is 170 g/mol. The highest BCUT2D eigenvalue weighted by atomic mass is 19.4. The zero-order valence-electron chi connectivity index (χ0n) is 6.65. The van der Waals surface area contributed by atoms with Gasteiger partial charge >= 0.3 is 6.18 Å². The molecule has 11 heavy (non-hydrogen) atoms. The Balaban J connectivity index is 4.10. The van der Waals surface area contributed by atoms with Gasteiger partial charge in [-0.2, -0.15) is 13.2 Å². The Labute approximate surface area is 64.2 Å². The first-order valence-corrected chi connectivity index (χ1v) is 3.57. The first-order chi connectivity index (χ1) is 4.89. The van der Waals surface area contributed by atoms with Crippen molar-refractivity contribution in [3.05, 3.63) is 0 Å². The topological polar surface area (TPSA) is 20.2 Å². The lowest BCUT2D eigenvalue weighted by molar-refractivity contribution is -0.189. The van der Waals surface area contributed by atoms with E-state index >= 15 is 0 Å². The third-order valence-electron chi connectivity index (χ3n) is 1.67. The lowest BCUT2D eigenvalue weighted by Crippen LogP contribution is -2.28. The van der Waals surface area contributed by atoms with E-state index in [-0.39, 0.29) is 6.42 Å². The van der Waals surface area contributed by atoms with Gasteiger partial charge in [0.15, 0.2) is 0 Å². The molecule has 0 aromatic rings. The van der Waals surface area contributed by atoms with Crippen molar-refractivity contribution in [1.82, 2.24) is 0 Å². The Hall–Kier alpha value is -0.250. The molecule has 0 saturated carbocycles. The van der Waals surface area contributed by atoms with Crippen LogP contribution in [0.1, 0.15) is 20.3 Å². The van der Waals surface area contributed by atoms with Gasteiger partial charge in [0.1, 0.15) is 0 Å². The zero-order valence-corrected chi connectivity index (χ0v) is 6.65. The summed E-state index contributed by atoms with van der Waals surface area (Å²) < 4.78 is 36.1. The van der Waals surface area contributed by atoms with Crippen LogP contribution in [0.15, 0.2) is 0 Å². The third kappa shape index (κ3) is 3.60. The number of rotatable bonds is 3. The van der Waals surface area contributed by atoms with E-state index in [9.17, 15) is 13.2 Å². The number of aliphatic hydroxyl groups excluding tert-OH is 1. The van der Waals surface area contributed by atoms with Gasteiger partial charge in [0.25, 0.3) is 0 Å². The maximum atomic E-state index is 12.0. The Bertz CT molecular complexity index is 109. The molecule has 0 aromatic carbocycles. The number of alkyl halides is 3. The fraction of sp³-hybridized carbons (Fsp3) is 1.00. The van der Waals surface area contributed by atoms with E-state index < -0.39 is 24.6 Å². The van der Waals surface area contributed by atoms with Crippen LogP contribution in [0.2, 0.25) is 0 Å². The predicted octanol–water partition coefficient (Wildman–Crippen LogP) is 2.20. The Morgan fingerprint density at radius 3 is 1.82 bits per heavy atom. The van der Waals surface area contributed by atoms with Crippen molar-refractivity contribution in [1.29, 1.82) is 0 Å². The molecule has 0 heterocycles. The summed E-state index contributed by atoms with van der Waals surface area (Å²) in [6, 6.07) is 0. The van der Waals surface area contributed by atoms with Gasteiger partial charge in [0.05, 0.1) is 5.92 Å². The molecule has 0 aromatic heterocycles. The molecule has 1 atom stereocenters. The highest BCUT2D eigenvalue weighted by molar-refractivity contribution is 4.70. The third-order valence-corrected chi connectivity index (χ3v) is 1.67. The molecule has 1 unspecified atom stereocenters. The molecule has 0 bridgehead atoms. The summed E-state index contributed by atoms with van der Waals surface area (Å²) in [5, 5.41) is 8.35. The summed E-state index contributed by atoms with van der Waals surface area (Å²) in [5.41, 5.74) is 0. The van der Waals surface area contributed by atoms with E-state index in [4.69, 9.17) is 5.11 Å². The minimum Gasteiger partial charge on any atom is -0.396 e. The Kier molecular flexibility index (Phi) is 3.86. The van der Waals surface area contributed by atoms with E-state index in [2.05, 4.69) is 0 Å². The molecular weight excluding hydrogens is 157 g/mol. The molecule has 0 aliphatic carbocycles. The molecule has 0 saturated heterocycles. The molecule has 0 radical (unpaired) electrons. The molecular formula is C7H13F3O. The molecule has 0 aliphatic rings. The Morgan fingerprint density at radius 1 is 1.27 bits per heavy atom. The molecule has 0 spiro atoms. The summed E-state index contributed by atoms with van der Waals surface area (Å²) in [6.07, 6.45) is -4.36. The summed E-state index contributed by atoms with van der Waals surface area (Å²) >= 11 is 0. The van der Waals surface area contributed by atoms with Crippen LogP contribution in [-0.4, -0.2) is 17.9 Å². The lowest BCUT2D eigenvalue weighted by Gasteiger charge is -2.22. The monoisotopic (exact) mass is 170 g/mol. The van der Waals surface area contributed by atoms with Crippen molar-refractivity contribution in [2.75, 3.05) is 6.61 Å². The first kappa shape index (κ1) is 10.8. The second-order valence-corrected chi connectivity index (χ2v) is 2.90. The fourth-order valence-corrected chi connectivity index (χ4v) is 1.01. The number of hydrogen-bond donors (Lipinski definition) is 1. The minimum atomic E-state index is -4.17. The van der Waals surface area contributed by atoms with Crippen LogP contribution < -0.4 is 0 Å². The van der Waals surface area contributed by atoms with Crippen LogP contribution in [0.3, 0.4) is 0 Å². The molecule has 0 rings (SSSR count). The van der Waals surface area contributed by atoms with Gasteiger partial charge in [-0.05, 0) is 12.3 Å². The van der Waals surface area contributed by atoms with E-state index in [1.165, 1.54) is 13.8 Å². The molecule has 0 aliphatic heterocycles. The smallest absolute Gasteiger partial charge is 0.392 e. The summed E-state index contributed by atoms with van der Waals surface area (Å²) in [4.78, 5) is 0. The first-order valence-electron chi connectivity index (χ1n) is 3.57. The maximum Gasteiger partial charge on any atom is 0.392 e. The minimum absolute atomic E-state index is 0.193. The predicted molar refractivity (Wildman–Crippen MR) is 36.1 cm³/mol. The van der Waals surface area contributed by atoms with Gasteiger partial charge in [-0.25, -0.2) is 0 Å². The van der Waals surface area contributed by atoms with Gasteiger partial charge in [0.2, 0.25) is 0 Å². The van der Waals surface area contributed by atoms with Crippen molar-refractivity contribution >= 4 is 0 Å². The second kappa shape index (κ2) is 3.95. The van der Waals surface area contributed by atoms with E-state index in [1.807, 2.05) is 0 Å². The molecule has 1 nitrogen and oxygen atoms in total.